The van der Waals surface area contributed by atoms with Crippen LogP contribution in [0.15, 0.2) is 34.9 Å². The first-order valence-electron chi connectivity index (χ1n) is 6.93. The summed E-state index contributed by atoms with van der Waals surface area (Å²) in [6.07, 6.45) is 2.38. The molecule has 0 saturated heterocycles. The molecule has 1 aromatic heterocycles. The molecule has 2 N–H and O–H groups in total. The van der Waals surface area contributed by atoms with E-state index in [9.17, 15) is 4.79 Å². The van der Waals surface area contributed by atoms with Gasteiger partial charge in [-0.15, -0.1) is 12.4 Å². The maximum atomic E-state index is 12.2. The van der Waals surface area contributed by atoms with E-state index in [1.165, 1.54) is 0 Å². The summed E-state index contributed by atoms with van der Waals surface area (Å²) in [6.45, 7) is 3.37. The van der Waals surface area contributed by atoms with Crippen molar-refractivity contribution in [2.45, 2.75) is 13.3 Å². The van der Waals surface area contributed by atoms with Crippen molar-refractivity contribution < 1.29 is 4.79 Å². The van der Waals surface area contributed by atoms with Crippen LogP contribution >= 0.6 is 28.3 Å². The summed E-state index contributed by atoms with van der Waals surface area (Å²) >= 11 is 3.42. The second kappa shape index (κ2) is 8.92. The van der Waals surface area contributed by atoms with Gasteiger partial charge in [-0.3, -0.25) is 4.79 Å². The molecular weight excluding hydrogens is 368 g/mol. The molecule has 0 spiro atoms. The van der Waals surface area contributed by atoms with Gasteiger partial charge in [0.25, 0.3) is 5.91 Å². The van der Waals surface area contributed by atoms with Crippen molar-refractivity contribution in [1.82, 2.24) is 20.4 Å². The molecule has 0 aliphatic carbocycles. The molecule has 0 fully saturated rings. The van der Waals surface area contributed by atoms with Crippen LogP contribution < -0.4 is 10.6 Å². The Kier molecular flexibility index (Phi) is 7.58. The lowest BCUT2D eigenvalue weighted by atomic mass is 10.2. The van der Waals surface area contributed by atoms with E-state index in [0.717, 1.165) is 28.8 Å². The molecule has 2 rings (SSSR count). The van der Waals surface area contributed by atoms with Gasteiger partial charge in [-0.1, -0.05) is 22.9 Å². The molecule has 0 unspecified atom stereocenters. The maximum Gasteiger partial charge on any atom is 0.254 e. The Labute approximate surface area is 145 Å². The van der Waals surface area contributed by atoms with Gasteiger partial charge in [0.2, 0.25) is 0 Å². The fraction of sp³-hybridized carbons (Fsp3) is 0.333. The Morgan fingerprint density at radius 2 is 1.95 bits per heavy atom. The van der Waals surface area contributed by atoms with Gasteiger partial charge in [0, 0.05) is 17.6 Å². The van der Waals surface area contributed by atoms with E-state index in [1.807, 2.05) is 42.9 Å². The molecule has 0 saturated carbocycles. The highest BCUT2D eigenvalue weighted by atomic mass is 79.9. The Morgan fingerprint density at radius 3 is 2.55 bits per heavy atom. The summed E-state index contributed by atoms with van der Waals surface area (Å²) in [6, 6.07) is 7.87. The minimum Gasteiger partial charge on any atom is -0.351 e. The van der Waals surface area contributed by atoms with Gasteiger partial charge >= 0.3 is 0 Å². The molecule has 1 heterocycles. The molecule has 0 atom stereocenters. The van der Waals surface area contributed by atoms with Crippen molar-refractivity contribution in [3.8, 4) is 5.69 Å². The summed E-state index contributed by atoms with van der Waals surface area (Å²) in [5.74, 6) is -0.0783. The van der Waals surface area contributed by atoms with Crippen LogP contribution in [0.4, 0.5) is 0 Å². The van der Waals surface area contributed by atoms with Crippen molar-refractivity contribution in [3.05, 3.63) is 46.2 Å². The van der Waals surface area contributed by atoms with Crippen LogP contribution in [0.3, 0.4) is 0 Å². The molecule has 0 bridgehead atoms. The van der Waals surface area contributed by atoms with Gasteiger partial charge in [-0.2, -0.15) is 5.10 Å². The Morgan fingerprint density at radius 1 is 1.27 bits per heavy atom. The van der Waals surface area contributed by atoms with Crippen molar-refractivity contribution in [2.24, 2.45) is 0 Å². The third-order valence-corrected chi connectivity index (χ3v) is 3.71. The number of aromatic nitrogens is 2. The van der Waals surface area contributed by atoms with Crippen LogP contribution in [0.5, 0.6) is 0 Å². The zero-order valence-electron chi connectivity index (χ0n) is 12.6. The van der Waals surface area contributed by atoms with Gasteiger partial charge in [-0.05, 0) is 37.7 Å². The molecule has 120 valence electrons. The number of nitrogens with one attached hydrogen (secondary N) is 2. The Hall–Kier alpha value is -1.37. The summed E-state index contributed by atoms with van der Waals surface area (Å²) in [4.78, 5) is 12.2. The predicted octanol–water partition coefficient (Wildman–Crippen LogP) is 2.57. The van der Waals surface area contributed by atoms with E-state index in [0.29, 0.717) is 12.1 Å². The average molecular weight is 388 g/mol. The van der Waals surface area contributed by atoms with Gasteiger partial charge in [0.1, 0.15) is 0 Å². The first-order valence-corrected chi connectivity index (χ1v) is 7.72. The fourth-order valence-electron chi connectivity index (χ4n) is 2.10. The number of hydrogen-bond acceptors (Lipinski definition) is 3. The number of carbonyl (C=O) groups is 1. The third kappa shape index (κ3) is 4.32. The van der Waals surface area contributed by atoms with E-state index in [2.05, 4.69) is 31.7 Å². The number of nitrogens with zero attached hydrogens (tertiary/aromatic N) is 2. The van der Waals surface area contributed by atoms with Gasteiger partial charge in [0.15, 0.2) is 0 Å². The number of benzene rings is 1. The normalized spacial score (nSPS) is 10.1. The number of amides is 1. The average Bonchev–Trinajstić information content (AvgIpc) is 2.92. The van der Waals surface area contributed by atoms with E-state index in [-0.39, 0.29) is 18.3 Å². The van der Waals surface area contributed by atoms with E-state index >= 15 is 0 Å². The van der Waals surface area contributed by atoms with Crippen LogP contribution in [0.1, 0.15) is 23.0 Å². The Balaban J connectivity index is 0.00000242. The first kappa shape index (κ1) is 18.7. The summed E-state index contributed by atoms with van der Waals surface area (Å²) in [7, 11) is 1.86. The topological polar surface area (TPSA) is 59.0 Å². The number of carbonyl (C=O) groups excluding carboxylic acids is 1. The second-order valence-corrected chi connectivity index (χ2v) is 5.52. The van der Waals surface area contributed by atoms with E-state index in [4.69, 9.17) is 0 Å². The summed E-state index contributed by atoms with van der Waals surface area (Å²) in [5, 5.41) is 10.2. The monoisotopic (exact) mass is 386 g/mol. The molecule has 5 nitrogen and oxygen atoms in total. The molecule has 1 aromatic carbocycles. The highest BCUT2D eigenvalue weighted by Crippen LogP contribution is 2.18. The lowest BCUT2D eigenvalue weighted by Crippen LogP contribution is -2.30. The van der Waals surface area contributed by atoms with Crippen LogP contribution in [0.2, 0.25) is 0 Å². The maximum absolute atomic E-state index is 12.2. The van der Waals surface area contributed by atoms with Gasteiger partial charge in [0.05, 0.1) is 23.1 Å². The summed E-state index contributed by atoms with van der Waals surface area (Å²) < 4.78 is 2.83. The molecule has 1 amide bonds. The van der Waals surface area contributed by atoms with Crippen molar-refractivity contribution in [3.63, 3.8) is 0 Å². The standard InChI is InChI=1S/C15H19BrN4O.ClH/c1-3-14-13(15(21)18-9-8-17-2)10-19-20(14)12-6-4-11(16)5-7-12;/h4-7,10,17H,3,8-9H2,1-2H3,(H,18,21);1H. The van der Waals surface area contributed by atoms with Crippen molar-refractivity contribution in [2.75, 3.05) is 20.1 Å². The minimum atomic E-state index is -0.0783. The van der Waals surface area contributed by atoms with Gasteiger partial charge < -0.3 is 10.6 Å². The minimum absolute atomic E-state index is 0. The molecule has 22 heavy (non-hydrogen) atoms. The van der Waals surface area contributed by atoms with Crippen LogP contribution in [-0.4, -0.2) is 35.8 Å². The van der Waals surface area contributed by atoms with E-state index in [1.54, 1.807) is 6.20 Å². The highest BCUT2D eigenvalue weighted by Gasteiger charge is 2.16. The smallest absolute Gasteiger partial charge is 0.254 e. The van der Waals surface area contributed by atoms with Crippen molar-refractivity contribution >= 4 is 34.2 Å². The summed E-state index contributed by atoms with van der Waals surface area (Å²) in [5.41, 5.74) is 2.50. The third-order valence-electron chi connectivity index (χ3n) is 3.18. The predicted molar refractivity (Wildman–Crippen MR) is 94.1 cm³/mol. The highest BCUT2D eigenvalue weighted by molar-refractivity contribution is 9.10. The van der Waals surface area contributed by atoms with Gasteiger partial charge in [-0.25, -0.2) is 4.68 Å². The molecular formula is C15H20BrClN4O. The first-order chi connectivity index (χ1) is 10.2. The molecule has 0 radical (unpaired) electrons. The number of hydrogen-bond donors (Lipinski definition) is 2. The second-order valence-electron chi connectivity index (χ2n) is 4.61. The Bertz CT molecular complexity index is 613. The number of rotatable bonds is 6. The quantitative estimate of drug-likeness (QED) is 0.749. The van der Waals surface area contributed by atoms with Crippen LogP contribution in [-0.2, 0) is 6.42 Å². The van der Waals surface area contributed by atoms with Crippen LogP contribution in [0, 0.1) is 0 Å². The lowest BCUT2D eigenvalue weighted by molar-refractivity contribution is 0.0953. The van der Waals surface area contributed by atoms with Crippen LogP contribution in [0.25, 0.3) is 5.69 Å². The fourth-order valence-corrected chi connectivity index (χ4v) is 2.37. The number of halogens is 2. The lowest BCUT2D eigenvalue weighted by Gasteiger charge is -2.08. The molecule has 7 heteroatoms. The molecule has 0 aliphatic heterocycles. The molecule has 0 aliphatic rings. The van der Waals surface area contributed by atoms with Crippen molar-refractivity contribution in [1.29, 1.82) is 0 Å². The largest absolute Gasteiger partial charge is 0.351 e. The molecule has 2 aromatic rings. The zero-order valence-corrected chi connectivity index (χ0v) is 15.0. The number of likely N-dealkylation sites (N-methyl/N-ethyl adjacent to an activating group) is 1. The SMILES string of the molecule is CCc1c(C(=O)NCCNC)cnn1-c1ccc(Br)cc1.Cl. The van der Waals surface area contributed by atoms with E-state index < -0.39 is 0 Å². The zero-order chi connectivity index (χ0) is 15.2.